The fraction of sp³-hybridized carbons (Fsp3) is 0.615. The summed E-state index contributed by atoms with van der Waals surface area (Å²) in [5, 5.41) is 16.1. The summed E-state index contributed by atoms with van der Waals surface area (Å²) in [5.41, 5.74) is 0. The second-order valence-corrected chi connectivity index (χ2v) is 5.93. The van der Waals surface area contributed by atoms with Crippen molar-refractivity contribution < 1.29 is 14.5 Å². The van der Waals surface area contributed by atoms with Crippen molar-refractivity contribution in [2.45, 2.75) is 6.54 Å². The first-order chi connectivity index (χ1) is 12.0. The summed E-state index contributed by atoms with van der Waals surface area (Å²) in [6.45, 7) is 1.54. The first kappa shape index (κ1) is 21.3. The molecule has 25 heavy (non-hydrogen) atoms. The lowest BCUT2D eigenvalue weighted by Gasteiger charge is -2.20. The van der Waals surface area contributed by atoms with Crippen molar-refractivity contribution in [2.24, 2.45) is 0 Å². The molecule has 0 aromatic carbocycles. The lowest BCUT2D eigenvalue weighted by molar-refractivity contribution is -0.396. The van der Waals surface area contributed by atoms with Crippen molar-refractivity contribution in [1.29, 1.82) is 0 Å². The van der Waals surface area contributed by atoms with Gasteiger partial charge in [0.1, 0.15) is 12.4 Å². The first-order valence-corrected chi connectivity index (χ1v) is 8.87. The Morgan fingerprint density at radius 2 is 1.84 bits per heavy atom. The zero-order chi connectivity index (χ0) is 18.7. The van der Waals surface area contributed by atoms with Crippen LogP contribution in [0.25, 0.3) is 0 Å². The van der Waals surface area contributed by atoms with E-state index in [4.69, 9.17) is 0 Å². The molecule has 0 bridgehead atoms. The number of nitrogens with one attached hydrogen (secondary N) is 2. The Morgan fingerprint density at radius 3 is 2.40 bits per heavy atom. The van der Waals surface area contributed by atoms with Crippen molar-refractivity contribution in [3.05, 3.63) is 22.5 Å². The van der Waals surface area contributed by atoms with Gasteiger partial charge in [-0.05, 0) is 4.92 Å². The number of hydrogen-bond donors (Lipinski definition) is 4. The number of thiol groups is 2. The fourth-order valence-electron chi connectivity index (χ4n) is 2.03. The van der Waals surface area contributed by atoms with Crippen LogP contribution >= 0.6 is 25.3 Å². The molecule has 0 fully saturated rings. The van der Waals surface area contributed by atoms with Crippen LogP contribution in [0.3, 0.4) is 0 Å². The number of imidazole rings is 1. The third kappa shape index (κ3) is 8.23. The first-order valence-electron chi connectivity index (χ1n) is 7.61. The number of aromatic nitrogens is 2. The van der Waals surface area contributed by atoms with Gasteiger partial charge in [-0.3, -0.25) is 14.5 Å². The quantitative estimate of drug-likeness (QED) is 0.210. The second kappa shape index (κ2) is 11.7. The molecular formula is C13H22N6O4S2. The number of rotatable bonds is 12. The van der Waals surface area contributed by atoms with Gasteiger partial charge in [-0.1, -0.05) is 4.98 Å². The molecule has 2 amide bonds. The van der Waals surface area contributed by atoms with E-state index in [-0.39, 0.29) is 43.9 Å². The molecule has 0 unspecified atom stereocenters. The average Bonchev–Trinajstić information content (AvgIpc) is 3.02. The van der Waals surface area contributed by atoms with Crippen LogP contribution in [0.1, 0.15) is 0 Å². The van der Waals surface area contributed by atoms with Crippen molar-refractivity contribution in [1.82, 2.24) is 25.1 Å². The van der Waals surface area contributed by atoms with Crippen LogP contribution in [0.4, 0.5) is 5.95 Å². The molecule has 1 heterocycles. The van der Waals surface area contributed by atoms with Crippen LogP contribution in [0.2, 0.25) is 0 Å². The summed E-state index contributed by atoms with van der Waals surface area (Å²) in [6.07, 6.45) is 2.81. The van der Waals surface area contributed by atoms with Crippen molar-refractivity contribution in [3.63, 3.8) is 0 Å². The zero-order valence-corrected chi connectivity index (χ0v) is 15.4. The second-order valence-electron chi connectivity index (χ2n) is 5.04. The summed E-state index contributed by atoms with van der Waals surface area (Å²) in [6, 6.07) is 0. The minimum atomic E-state index is -0.584. The maximum Gasteiger partial charge on any atom is 0.434 e. The van der Waals surface area contributed by atoms with Gasteiger partial charge in [-0.15, -0.1) is 0 Å². The molecule has 1 rings (SSSR count). The Balaban J connectivity index is 2.40. The van der Waals surface area contributed by atoms with Crippen LogP contribution < -0.4 is 10.6 Å². The maximum absolute atomic E-state index is 12.0. The highest BCUT2D eigenvalue weighted by atomic mass is 32.1. The van der Waals surface area contributed by atoms with E-state index < -0.39 is 4.92 Å². The van der Waals surface area contributed by atoms with E-state index in [1.54, 1.807) is 4.90 Å². The summed E-state index contributed by atoms with van der Waals surface area (Å²) >= 11 is 8.14. The van der Waals surface area contributed by atoms with Gasteiger partial charge in [0, 0.05) is 31.1 Å². The molecule has 0 aliphatic heterocycles. The molecule has 0 aliphatic rings. The van der Waals surface area contributed by atoms with Crippen molar-refractivity contribution in [2.75, 3.05) is 44.2 Å². The van der Waals surface area contributed by atoms with E-state index in [2.05, 4.69) is 40.9 Å². The third-order valence-corrected chi connectivity index (χ3v) is 3.54. The SMILES string of the molecule is O=C(CN(CCS)CC(=O)NCCn1ccnc1[N+](=O)[O-])NCCS. The Labute approximate surface area is 156 Å². The molecule has 0 saturated heterocycles. The number of carbonyl (C=O) groups excluding carboxylic acids is 2. The predicted octanol–water partition coefficient (Wildman–Crippen LogP) is -0.815. The van der Waals surface area contributed by atoms with Crippen molar-refractivity contribution >= 4 is 43.0 Å². The molecular weight excluding hydrogens is 368 g/mol. The van der Waals surface area contributed by atoms with Crippen LogP contribution in [-0.2, 0) is 16.1 Å². The molecule has 1 aromatic heterocycles. The Bertz CT molecular complexity index is 583. The molecule has 0 radical (unpaired) electrons. The fourth-order valence-corrected chi connectivity index (χ4v) is 2.43. The minimum Gasteiger partial charge on any atom is -0.390 e. The smallest absolute Gasteiger partial charge is 0.390 e. The average molecular weight is 390 g/mol. The van der Waals surface area contributed by atoms with Gasteiger partial charge in [0.15, 0.2) is 0 Å². The van der Waals surface area contributed by atoms with Gasteiger partial charge < -0.3 is 20.7 Å². The third-order valence-electron chi connectivity index (χ3n) is 3.12. The Kier molecular flexibility index (Phi) is 9.96. The van der Waals surface area contributed by atoms with Gasteiger partial charge >= 0.3 is 5.95 Å². The lowest BCUT2D eigenvalue weighted by Crippen LogP contribution is -2.44. The molecule has 0 aliphatic carbocycles. The van der Waals surface area contributed by atoms with Gasteiger partial charge in [-0.25, -0.2) is 4.57 Å². The van der Waals surface area contributed by atoms with Crippen molar-refractivity contribution in [3.8, 4) is 0 Å². The lowest BCUT2D eigenvalue weighted by atomic mass is 10.4. The molecule has 0 spiro atoms. The molecule has 0 atom stereocenters. The highest BCUT2D eigenvalue weighted by Gasteiger charge is 2.16. The molecule has 2 N–H and O–H groups in total. The van der Waals surface area contributed by atoms with E-state index in [1.165, 1.54) is 17.0 Å². The highest BCUT2D eigenvalue weighted by molar-refractivity contribution is 7.80. The van der Waals surface area contributed by atoms with Gasteiger partial charge in [0.2, 0.25) is 11.8 Å². The topological polar surface area (TPSA) is 122 Å². The van der Waals surface area contributed by atoms with Crippen LogP contribution in [0, 0.1) is 10.1 Å². The monoisotopic (exact) mass is 390 g/mol. The number of hydrogen-bond acceptors (Lipinski definition) is 8. The Morgan fingerprint density at radius 1 is 1.20 bits per heavy atom. The minimum absolute atomic E-state index is 0.0425. The molecule has 12 heteroatoms. The van der Waals surface area contributed by atoms with E-state index in [0.29, 0.717) is 24.6 Å². The molecule has 140 valence electrons. The van der Waals surface area contributed by atoms with Crippen LogP contribution in [-0.4, -0.2) is 75.4 Å². The zero-order valence-electron chi connectivity index (χ0n) is 13.6. The predicted molar refractivity (Wildman–Crippen MR) is 99.0 cm³/mol. The summed E-state index contributed by atoms with van der Waals surface area (Å²) in [4.78, 5) is 39.2. The van der Waals surface area contributed by atoms with E-state index in [1.807, 2.05) is 0 Å². The summed E-state index contributed by atoms with van der Waals surface area (Å²) in [7, 11) is 0. The Hall–Kier alpha value is -1.79. The normalized spacial score (nSPS) is 10.7. The number of carbonyl (C=O) groups is 2. The standard InChI is InChI=1S/C13H22N6O4S2/c20-11(9-17(6-8-25)10-12(21)15-3-7-24)14-1-4-18-5-2-16-13(18)19(22)23/h2,5,24-25H,1,3-4,6-10H2,(H,14,20)(H,15,21). The number of amides is 2. The van der Waals surface area contributed by atoms with E-state index in [0.717, 1.165) is 0 Å². The number of nitro groups is 1. The highest BCUT2D eigenvalue weighted by Crippen LogP contribution is 2.06. The summed E-state index contributed by atoms with van der Waals surface area (Å²) < 4.78 is 1.34. The van der Waals surface area contributed by atoms with Gasteiger partial charge in [-0.2, -0.15) is 25.3 Å². The molecule has 1 aromatic rings. The van der Waals surface area contributed by atoms with Crippen LogP contribution in [0.5, 0.6) is 0 Å². The van der Waals surface area contributed by atoms with Crippen LogP contribution in [0.15, 0.2) is 12.4 Å². The largest absolute Gasteiger partial charge is 0.434 e. The van der Waals surface area contributed by atoms with E-state index in [9.17, 15) is 19.7 Å². The molecule has 10 nitrogen and oxygen atoms in total. The summed E-state index contributed by atoms with van der Waals surface area (Å²) in [5.74, 6) is 0.323. The van der Waals surface area contributed by atoms with Gasteiger partial charge in [0.05, 0.1) is 19.6 Å². The van der Waals surface area contributed by atoms with E-state index >= 15 is 0 Å². The van der Waals surface area contributed by atoms with Gasteiger partial charge in [0.25, 0.3) is 0 Å². The maximum atomic E-state index is 12.0. The number of nitrogens with zero attached hydrogens (tertiary/aromatic N) is 4. The molecule has 0 saturated carbocycles.